The van der Waals surface area contributed by atoms with Crippen molar-refractivity contribution < 1.29 is 14.1 Å². The summed E-state index contributed by atoms with van der Waals surface area (Å²) in [6, 6.07) is 13.0. The number of likely N-dealkylation sites (N-methyl/N-ethyl adjacent to an activating group) is 1. The van der Waals surface area contributed by atoms with Crippen LogP contribution < -0.4 is 14.5 Å². The number of anilines is 2. The van der Waals surface area contributed by atoms with E-state index >= 15 is 0 Å². The molecule has 3 saturated heterocycles. The van der Waals surface area contributed by atoms with Crippen LogP contribution in [0.2, 0.25) is 5.02 Å². The third-order valence-electron chi connectivity index (χ3n) is 11.0. The van der Waals surface area contributed by atoms with Crippen LogP contribution in [0, 0.1) is 0 Å². The van der Waals surface area contributed by atoms with Gasteiger partial charge in [-0.3, -0.25) is 9.69 Å². The van der Waals surface area contributed by atoms with Crippen LogP contribution >= 0.6 is 11.6 Å². The summed E-state index contributed by atoms with van der Waals surface area (Å²) in [5, 5.41) is 6.85. The van der Waals surface area contributed by atoms with Gasteiger partial charge in [-0.1, -0.05) is 47.9 Å². The van der Waals surface area contributed by atoms with Gasteiger partial charge in [-0.15, -0.1) is 0 Å². The van der Waals surface area contributed by atoms with Crippen molar-refractivity contribution in [3.05, 3.63) is 70.5 Å². The van der Waals surface area contributed by atoms with Crippen LogP contribution in [-0.4, -0.2) is 93.8 Å². The summed E-state index contributed by atoms with van der Waals surface area (Å²) in [4.78, 5) is 36.7. The molecule has 1 amide bonds. The smallest absolute Gasteiger partial charge is 0.318 e. The quantitative estimate of drug-likeness (QED) is 0.209. The van der Waals surface area contributed by atoms with Crippen molar-refractivity contribution in [3.63, 3.8) is 0 Å². The van der Waals surface area contributed by atoms with Gasteiger partial charge in [0.25, 0.3) is 5.89 Å². The van der Waals surface area contributed by atoms with Gasteiger partial charge in [0.2, 0.25) is 5.91 Å². The molecule has 0 aliphatic carbocycles. The van der Waals surface area contributed by atoms with Crippen LogP contribution in [-0.2, 0) is 24.2 Å². The summed E-state index contributed by atoms with van der Waals surface area (Å²) in [5.74, 6) is 1.80. The summed E-state index contributed by atoms with van der Waals surface area (Å²) < 4.78 is 11.8. The summed E-state index contributed by atoms with van der Waals surface area (Å²) >= 11 is 6.76. The standard InChI is InChI=1S/C37H43ClN8O3/c1-3-31-40-32(49-42-31)12-13-33(47)45-20-14-26(22-45)43(2)35-27-15-21-44(30-11-5-9-25-8-4-10-28(38)34(25)30)23-29(27)39-36(41-35)48-24-37-16-6-18-46(37)19-7-17-37/h4-5,8-13,26H,3,6-7,14-24H2,1-2H3/b13-12+/t26-/m1/s1. The Morgan fingerprint density at radius 1 is 1.10 bits per heavy atom. The van der Waals surface area contributed by atoms with Crippen molar-refractivity contribution in [2.45, 2.75) is 70.0 Å². The van der Waals surface area contributed by atoms with Gasteiger partial charge in [-0.25, -0.2) is 0 Å². The molecule has 2 aromatic heterocycles. The second-order valence-corrected chi connectivity index (χ2v) is 14.2. The van der Waals surface area contributed by atoms with Crippen LogP contribution in [0.5, 0.6) is 6.01 Å². The van der Waals surface area contributed by atoms with Crippen molar-refractivity contribution in [2.75, 3.05) is 56.2 Å². The Balaban J connectivity index is 1.06. The lowest BCUT2D eigenvalue weighted by Gasteiger charge is -2.35. The van der Waals surface area contributed by atoms with E-state index in [-0.39, 0.29) is 17.5 Å². The fourth-order valence-electron chi connectivity index (χ4n) is 8.31. The molecule has 0 N–H and O–H groups in total. The van der Waals surface area contributed by atoms with Crippen molar-refractivity contribution in [1.82, 2.24) is 29.9 Å². The predicted molar refractivity (Wildman–Crippen MR) is 190 cm³/mol. The molecule has 4 aliphatic heterocycles. The van der Waals surface area contributed by atoms with E-state index < -0.39 is 0 Å². The number of fused-ring (bicyclic) bond motifs is 3. The number of ether oxygens (including phenoxy) is 1. The first-order chi connectivity index (χ1) is 23.9. The fraction of sp³-hybridized carbons (Fsp3) is 0.486. The van der Waals surface area contributed by atoms with Gasteiger partial charge >= 0.3 is 6.01 Å². The Labute approximate surface area is 291 Å². The van der Waals surface area contributed by atoms with E-state index in [0.29, 0.717) is 50.4 Å². The molecule has 0 spiro atoms. The largest absolute Gasteiger partial charge is 0.461 e. The van der Waals surface area contributed by atoms with E-state index in [0.717, 1.165) is 83.9 Å². The normalized spacial score (nSPS) is 20.3. The lowest BCUT2D eigenvalue weighted by molar-refractivity contribution is -0.124. The minimum absolute atomic E-state index is 0.0674. The number of rotatable bonds is 9. The fourth-order valence-corrected chi connectivity index (χ4v) is 8.59. The summed E-state index contributed by atoms with van der Waals surface area (Å²) in [7, 11) is 2.09. The molecule has 4 aliphatic rings. The van der Waals surface area contributed by atoms with Crippen molar-refractivity contribution in [3.8, 4) is 6.01 Å². The molecular weight excluding hydrogens is 640 g/mol. The maximum atomic E-state index is 13.1. The van der Waals surface area contributed by atoms with E-state index in [2.05, 4.69) is 56.2 Å². The summed E-state index contributed by atoms with van der Waals surface area (Å²) in [6.45, 7) is 7.56. The molecule has 11 nitrogen and oxygen atoms in total. The van der Waals surface area contributed by atoms with Gasteiger partial charge in [0.05, 0.1) is 22.8 Å². The molecule has 256 valence electrons. The molecule has 1 atom stereocenters. The average Bonchev–Trinajstić information content (AvgIpc) is 3.94. The maximum absolute atomic E-state index is 13.1. The second kappa shape index (κ2) is 13.2. The zero-order chi connectivity index (χ0) is 33.5. The molecule has 6 heterocycles. The van der Waals surface area contributed by atoms with Crippen LogP contribution in [0.3, 0.4) is 0 Å². The van der Waals surface area contributed by atoms with E-state index in [4.69, 9.17) is 30.8 Å². The van der Waals surface area contributed by atoms with Crippen LogP contribution in [0.1, 0.15) is 62.0 Å². The van der Waals surface area contributed by atoms with E-state index in [1.54, 1.807) is 6.08 Å². The SMILES string of the molecule is CCc1noc(/C=C/C(=O)N2CC[C@@H](N(C)c3nc(OCC45CCCN4CCC5)nc4c3CCN(c3cccc5cccc(Cl)c35)C4)C2)n1. The lowest BCUT2D eigenvalue weighted by atomic mass is 9.95. The van der Waals surface area contributed by atoms with Crippen molar-refractivity contribution in [1.29, 1.82) is 0 Å². The van der Waals surface area contributed by atoms with Gasteiger partial charge in [0, 0.05) is 67.9 Å². The number of aryl methyl sites for hydroxylation is 1. The number of aromatic nitrogens is 4. The van der Waals surface area contributed by atoms with Crippen LogP contribution in [0.15, 0.2) is 47.0 Å². The number of likely N-dealkylation sites (tertiary alicyclic amines) is 1. The van der Waals surface area contributed by atoms with Crippen molar-refractivity contribution in [2.24, 2.45) is 0 Å². The Hall–Kier alpha value is -4.22. The lowest BCUT2D eigenvalue weighted by Crippen LogP contribution is -2.44. The third kappa shape index (κ3) is 6.12. The number of hydrogen-bond acceptors (Lipinski definition) is 10. The van der Waals surface area contributed by atoms with E-state index in [1.807, 2.05) is 24.0 Å². The number of carbonyl (C=O) groups excluding carboxylic acids is 1. The van der Waals surface area contributed by atoms with E-state index in [9.17, 15) is 4.79 Å². The highest BCUT2D eigenvalue weighted by atomic mass is 35.5. The van der Waals surface area contributed by atoms with Crippen molar-refractivity contribution >= 4 is 45.9 Å². The van der Waals surface area contributed by atoms with Gasteiger partial charge in [0.1, 0.15) is 12.4 Å². The highest BCUT2D eigenvalue weighted by molar-refractivity contribution is 6.36. The number of benzene rings is 2. The van der Waals surface area contributed by atoms with Gasteiger partial charge in [-0.2, -0.15) is 15.0 Å². The van der Waals surface area contributed by atoms with Crippen LogP contribution in [0.25, 0.3) is 16.8 Å². The van der Waals surface area contributed by atoms with Gasteiger partial charge < -0.3 is 24.0 Å². The topological polar surface area (TPSA) is 104 Å². The molecule has 0 radical (unpaired) electrons. The molecule has 3 fully saturated rings. The Kier molecular flexibility index (Phi) is 8.65. The Morgan fingerprint density at radius 2 is 1.92 bits per heavy atom. The first-order valence-corrected chi connectivity index (χ1v) is 18.0. The highest BCUT2D eigenvalue weighted by Crippen LogP contribution is 2.40. The molecule has 12 heteroatoms. The number of carbonyl (C=O) groups is 1. The molecule has 0 unspecified atom stereocenters. The zero-order valence-electron chi connectivity index (χ0n) is 28.3. The Bertz CT molecular complexity index is 1880. The molecule has 2 aromatic carbocycles. The summed E-state index contributed by atoms with van der Waals surface area (Å²) in [5.41, 5.74) is 3.33. The summed E-state index contributed by atoms with van der Waals surface area (Å²) in [6.07, 6.45) is 10.2. The number of hydrogen-bond donors (Lipinski definition) is 0. The van der Waals surface area contributed by atoms with E-state index in [1.165, 1.54) is 18.9 Å². The third-order valence-corrected chi connectivity index (χ3v) is 11.3. The van der Waals surface area contributed by atoms with Gasteiger partial charge in [-0.05, 0) is 69.1 Å². The minimum atomic E-state index is -0.0674. The molecule has 8 rings (SSSR count). The molecular formula is C37H43ClN8O3. The highest BCUT2D eigenvalue weighted by Gasteiger charge is 2.45. The van der Waals surface area contributed by atoms with Gasteiger partial charge in [0.15, 0.2) is 5.82 Å². The first-order valence-electron chi connectivity index (χ1n) is 17.6. The maximum Gasteiger partial charge on any atom is 0.318 e. The monoisotopic (exact) mass is 682 g/mol. The predicted octanol–water partition coefficient (Wildman–Crippen LogP) is 5.55. The second-order valence-electron chi connectivity index (χ2n) is 13.8. The average molecular weight is 683 g/mol. The number of nitrogens with zero attached hydrogens (tertiary/aromatic N) is 8. The molecule has 0 saturated carbocycles. The number of halogens is 1. The van der Waals surface area contributed by atoms with Crippen LogP contribution in [0.4, 0.5) is 11.5 Å². The minimum Gasteiger partial charge on any atom is -0.461 e. The number of amides is 1. The zero-order valence-corrected chi connectivity index (χ0v) is 29.0. The first kappa shape index (κ1) is 32.0. The Morgan fingerprint density at radius 3 is 2.71 bits per heavy atom. The molecule has 49 heavy (non-hydrogen) atoms. The molecule has 0 bridgehead atoms. The molecule has 4 aromatic rings.